The van der Waals surface area contributed by atoms with E-state index in [4.69, 9.17) is 14.2 Å². The van der Waals surface area contributed by atoms with Crippen LogP contribution in [0.1, 0.15) is 45.6 Å². The van der Waals surface area contributed by atoms with Crippen molar-refractivity contribution in [2.24, 2.45) is 5.41 Å². The molecule has 1 aliphatic carbocycles. The van der Waals surface area contributed by atoms with E-state index in [1.165, 1.54) is 12.5 Å². The number of aliphatic hydroxyl groups is 1. The third-order valence-corrected chi connectivity index (χ3v) is 8.90. The Kier molecular flexibility index (Phi) is 5.73. The van der Waals surface area contributed by atoms with Gasteiger partial charge in [-0.25, -0.2) is 0 Å². The number of likely N-dealkylation sites (N-methyl/N-ethyl adjacent to an activating group) is 1. The molecule has 1 aromatic carbocycles. The average molecular weight is 471 g/mol. The predicted molar refractivity (Wildman–Crippen MR) is 130 cm³/mol. The molecule has 6 atom stereocenters. The minimum absolute atomic E-state index is 0.105. The molecule has 3 aliphatic heterocycles. The summed E-state index contributed by atoms with van der Waals surface area (Å²) in [4.78, 5) is 17.2. The molecule has 0 radical (unpaired) electrons. The van der Waals surface area contributed by atoms with E-state index < -0.39 is 17.1 Å². The molecule has 2 fully saturated rings. The second kappa shape index (κ2) is 8.25. The largest absolute Gasteiger partial charge is 0.497 e. The van der Waals surface area contributed by atoms with E-state index in [1.807, 2.05) is 13.1 Å². The van der Waals surface area contributed by atoms with E-state index in [2.05, 4.69) is 47.9 Å². The fourth-order valence-electron chi connectivity index (χ4n) is 7.99. The molecule has 2 unspecified atom stereocenters. The van der Waals surface area contributed by atoms with Crippen molar-refractivity contribution in [3.05, 3.63) is 35.9 Å². The maximum Gasteiger partial charge on any atom is 0.303 e. The smallest absolute Gasteiger partial charge is 0.303 e. The summed E-state index contributed by atoms with van der Waals surface area (Å²) in [5.74, 6) is 0.422. The first-order valence-electron chi connectivity index (χ1n) is 12.6. The van der Waals surface area contributed by atoms with E-state index in [1.54, 1.807) is 7.11 Å². The van der Waals surface area contributed by atoms with Gasteiger partial charge in [-0.1, -0.05) is 32.1 Å². The first-order chi connectivity index (χ1) is 16.3. The van der Waals surface area contributed by atoms with Crippen molar-refractivity contribution in [3.8, 4) is 5.75 Å². The maximum absolute atomic E-state index is 12.8. The Bertz CT molecular complexity index is 997. The molecule has 7 nitrogen and oxygen atoms in total. The van der Waals surface area contributed by atoms with Crippen LogP contribution in [-0.2, 0) is 19.7 Å². The van der Waals surface area contributed by atoms with Crippen LogP contribution < -0.4 is 9.64 Å². The third-order valence-electron chi connectivity index (χ3n) is 8.90. The van der Waals surface area contributed by atoms with Crippen LogP contribution in [0.5, 0.6) is 5.75 Å². The summed E-state index contributed by atoms with van der Waals surface area (Å²) in [7, 11) is 3.73. The van der Waals surface area contributed by atoms with Crippen LogP contribution in [0.2, 0.25) is 0 Å². The molecular weight excluding hydrogens is 432 g/mol. The van der Waals surface area contributed by atoms with Gasteiger partial charge in [0.2, 0.25) is 0 Å². The number of benzene rings is 1. The van der Waals surface area contributed by atoms with Crippen LogP contribution in [0.3, 0.4) is 0 Å². The van der Waals surface area contributed by atoms with Crippen LogP contribution in [-0.4, -0.2) is 80.2 Å². The van der Waals surface area contributed by atoms with Gasteiger partial charge in [0.25, 0.3) is 0 Å². The summed E-state index contributed by atoms with van der Waals surface area (Å²) in [5, 5.41) is 12.8. The number of carbonyl (C=O) groups excluding carboxylic acids is 1. The topological polar surface area (TPSA) is 71.5 Å². The summed E-state index contributed by atoms with van der Waals surface area (Å²) >= 11 is 0. The van der Waals surface area contributed by atoms with Gasteiger partial charge in [-0.05, 0) is 37.4 Å². The van der Waals surface area contributed by atoms with Crippen LogP contribution in [0.4, 0.5) is 5.69 Å². The number of rotatable bonds is 7. The Morgan fingerprint density at radius 1 is 1.26 bits per heavy atom. The minimum atomic E-state index is -1.40. The highest BCUT2D eigenvalue weighted by molar-refractivity contribution is 5.71. The van der Waals surface area contributed by atoms with Crippen LogP contribution in [0.25, 0.3) is 0 Å². The molecule has 186 valence electrons. The number of ether oxygens (including phenoxy) is 3. The number of methoxy groups -OCH3 is 1. The molecule has 1 spiro atoms. The Morgan fingerprint density at radius 2 is 2.06 bits per heavy atom. The van der Waals surface area contributed by atoms with Gasteiger partial charge in [0.05, 0.1) is 19.8 Å². The number of hydrogen-bond donors (Lipinski definition) is 1. The zero-order valence-electron chi connectivity index (χ0n) is 21.0. The number of hydrogen-bond acceptors (Lipinski definition) is 7. The molecule has 3 heterocycles. The van der Waals surface area contributed by atoms with Gasteiger partial charge in [0.1, 0.15) is 17.5 Å². The van der Waals surface area contributed by atoms with E-state index in [9.17, 15) is 9.90 Å². The molecule has 1 saturated heterocycles. The molecule has 4 aliphatic rings. The second-order valence-electron chi connectivity index (χ2n) is 10.5. The maximum atomic E-state index is 12.8. The molecule has 7 heteroatoms. The zero-order chi connectivity index (χ0) is 24.3. The molecule has 34 heavy (non-hydrogen) atoms. The molecule has 1 saturated carbocycles. The number of anilines is 1. The highest BCUT2D eigenvalue weighted by Gasteiger charge is 2.77. The first-order valence-corrected chi connectivity index (χ1v) is 12.6. The van der Waals surface area contributed by atoms with Crippen LogP contribution in [0, 0.1) is 5.41 Å². The third kappa shape index (κ3) is 2.90. The lowest BCUT2D eigenvalue weighted by atomic mass is 9.48. The second-order valence-corrected chi connectivity index (χ2v) is 10.5. The number of nitrogens with zero attached hydrogens (tertiary/aromatic N) is 2. The summed E-state index contributed by atoms with van der Waals surface area (Å²) in [5.41, 5.74) is 0.0769. The molecule has 0 amide bonds. The quantitative estimate of drug-likeness (QED) is 0.373. The van der Waals surface area contributed by atoms with Crippen molar-refractivity contribution in [2.75, 3.05) is 45.4 Å². The minimum Gasteiger partial charge on any atom is -0.497 e. The van der Waals surface area contributed by atoms with Gasteiger partial charge < -0.3 is 24.2 Å². The Balaban J connectivity index is 1.78. The normalized spacial score (nSPS) is 37.8. The zero-order valence-corrected chi connectivity index (χ0v) is 21.0. The number of carbonyl (C=O) groups is 1. The van der Waals surface area contributed by atoms with Crippen molar-refractivity contribution >= 4 is 11.7 Å². The highest BCUT2D eigenvalue weighted by Crippen LogP contribution is 2.67. The van der Waals surface area contributed by atoms with Gasteiger partial charge in [0, 0.05) is 55.7 Å². The molecule has 0 aromatic heterocycles. The fourth-order valence-corrected chi connectivity index (χ4v) is 7.99. The van der Waals surface area contributed by atoms with Gasteiger partial charge in [-0.3, -0.25) is 9.69 Å². The van der Waals surface area contributed by atoms with Crippen molar-refractivity contribution in [1.82, 2.24) is 4.90 Å². The lowest BCUT2D eigenvalue weighted by molar-refractivity contribution is -0.233. The predicted octanol–water partition coefficient (Wildman–Crippen LogP) is 2.89. The molecule has 1 N–H and O–H groups in total. The summed E-state index contributed by atoms with van der Waals surface area (Å²) in [6.07, 6.45) is 6.24. The molecule has 0 bridgehead atoms. The van der Waals surface area contributed by atoms with Gasteiger partial charge in [-0.15, -0.1) is 0 Å². The SMILES string of the molecule is CCCOC[C@@]1(O)C(OC(C)=O)C2(CC)C=CCN3CC[C@@]4(c5ccc(OC)cc5N(C)[C@H]41)[C@@H]32. The Hall–Kier alpha value is -2.09. The van der Waals surface area contributed by atoms with E-state index in [0.717, 1.165) is 43.8 Å². The lowest BCUT2D eigenvalue weighted by Crippen LogP contribution is -2.80. The molecular formula is C27H38N2O5. The van der Waals surface area contributed by atoms with Crippen molar-refractivity contribution in [2.45, 2.75) is 69.2 Å². The fraction of sp³-hybridized carbons (Fsp3) is 0.667. The standard InChI is InChI=1S/C27H38N2O5/c1-6-15-33-17-27(31)23-26(20-10-9-19(32-5)16-21(20)28(23)4)12-14-29-13-8-11-25(7-2,22(26)29)24(27)34-18(3)30/h8-11,16,22-24,31H,6-7,12-15,17H2,1-5H3/t22-,23+,24?,25?,26+,27-/m0/s1. The number of esters is 1. The average Bonchev–Trinajstić information content (AvgIpc) is 3.33. The number of fused-ring (bicyclic) bond motifs is 1. The van der Waals surface area contributed by atoms with Gasteiger partial charge >= 0.3 is 5.97 Å². The Morgan fingerprint density at radius 3 is 2.74 bits per heavy atom. The summed E-state index contributed by atoms with van der Waals surface area (Å²) in [6.45, 7) is 8.11. The van der Waals surface area contributed by atoms with E-state index in [0.29, 0.717) is 6.61 Å². The summed E-state index contributed by atoms with van der Waals surface area (Å²) in [6, 6.07) is 6.10. The first kappa shape index (κ1) is 23.6. The summed E-state index contributed by atoms with van der Waals surface area (Å²) < 4.78 is 17.8. The highest BCUT2D eigenvalue weighted by atomic mass is 16.6. The van der Waals surface area contributed by atoms with Crippen molar-refractivity contribution in [3.63, 3.8) is 0 Å². The molecule has 1 aromatic rings. The Labute approximate surface area is 202 Å². The van der Waals surface area contributed by atoms with Gasteiger partial charge in [0.15, 0.2) is 0 Å². The monoisotopic (exact) mass is 470 g/mol. The lowest BCUT2D eigenvalue weighted by Gasteiger charge is -2.64. The van der Waals surface area contributed by atoms with Crippen molar-refractivity contribution in [1.29, 1.82) is 0 Å². The van der Waals surface area contributed by atoms with Gasteiger partial charge in [-0.2, -0.15) is 0 Å². The van der Waals surface area contributed by atoms with E-state index >= 15 is 0 Å². The van der Waals surface area contributed by atoms with E-state index in [-0.39, 0.29) is 30.1 Å². The van der Waals surface area contributed by atoms with Crippen LogP contribution in [0.15, 0.2) is 30.4 Å². The van der Waals surface area contributed by atoms with Crippen molar-refractivity contribution < 1.29 is 24.1 Å². The van der Waals surface area contributed by atoms with Crippen LogP contribution >= 0.6 is 0 Å². The molecule has 5 rings (SSSR count).